The molecule has 1 aliphatic heterocycles. The van der Waals surface area contributed by atoms with Gasteiger partial charge in [0.15, 0.2) is 23.8 Å². The fourth-order valence-electron chi connectivity index (χ4n) is 2.68. The Hall–Kier alpha value is -2.38. The predicted octanol–water partition coefficient (Wildman–Crippen LogP) is -2.37. The molecule has 3 rings (SSSR count). The maximum atomic E-state index is 11.9. The number of aliphatic hydroxyl groups is 3. The Balaban J connectivity index is 1.89. The standard InChI is InChI=1S/C13H18N6O6/c1-2-19(24)12(23)8(22)9-6(20)7(21)13(25-9)18-4-17-5-10(14)15-3-16-11(5)18/h3-4,6-9,13,20-22,24H,2H2,1H3,(H2,14,15,16)/t6?,7?,8?,9-,13+/m0/s1. The zero-order valence-corrected chi connectivity index (χ0v) is 13.2. The van der Waals surface area contributed by atoms with E-state index in [9.17, 15) is 25.3 Å². The average Bonchev–Trinajstić information content (AvgIpc) is 3.16. The van der Waals surface area contributed by atoms with E-state index in [0.29, 0.717) is 5.06 Å². The van der Waals surface area contributed by atoms with E-state index in [0.717, 1.165) is 0 Å². The van der Waals surface area contributed by atoms with Crippen molar-refractivity contribution < 1.29 is 30.1 Å². The molecule has 0 radical (unpaired) electrons. The third-order valence-corrected chi connectivity index (χ3v) is 4.05. The molecule has 3 unspecified atom stereocenters. The summed E-state index contributed by atoms with van der Waals surface area (Å²) in [6, 6.07) is 0. The number of amides is 1. The minimum absolute atomic E-state index is 0.0625. The van der Waals surface area contributed by atoms with Crippen molar-refractivity contribution in [3.8, 4) is 0 Å². The Morgan fingerprint density at radius 1 is 1.40 bits per heavy atom. The highest BCUT2D eigenvalue weighted by Crippen LogP contribution is 2.33. The molecule has 6 N–H and O–H groups in total. The number of nitrogens with zero attached hydrogens (tertiary/aromatic N) is 5. The minimum Gasteiger partial charge on any atom is -0.387 e. The number of anilines is 1. The molecule has 1 fully saturated rings. The molecule has 5 atom stereocenters. The van der Waals surface area contributed by atoms with Crippen LogP contribution in [-0.2, 0) is 9.53 Å². The van der Waals surface area contributed by atoms with Crippen molar-refractivity contribution >= 4 is 22.9 Å². The molecule has 3 heterocycles. The third-order valence-electron chi connectivity index (χ3n) is 4.05. The number of carbonyl (C=O) groups is 1. The number of carbonyl (C=O) groups excluding carboxylic acids is 1. The van der Waals surface area contributed by atoms with Crippen LogP contribution in [0.5, 0.6) is 0 Å². The lowest BCUT2D eigenvalue weighted by Gasteiger charge is -2.23. The van der Waals surface area contributed by atoms with Gasteiger partial charge in [0, 0.05) is 6.54 Å². The molecule has 2 aromatic heterocycles. The van der Waals surface area contributed by atoms with Crippen molar-refractivity contribution in [3.63, 3.8) is 0 Å². The number of rotatable bonds is 4. The van der Waals surface area contributed by atoms with Crippen LogP contribution in [-0.4, -0.2) is 82.0 Å². The summed E-state index contributed by atoms with van der Waals surface area (Å²) >= 11 is 0. The number of nitrogen functional groups attached to an aromatic ring is 1. The first-order valence-electron chi connectivity index (χ1n) is 7.49. The summed E-state index contributed by atoms with van der Waals surface area (Å²) < 4.78 is 6.78. The van der Waals surface area contributed by atoms with Crippen LogP contribution in [0.25, 0.3) is 11.2 Å². The zero-order chi connectivity index (χ0) is 18.3. The van der Waals surface area contributed by atoms with Gasteiger partial charge in [0.1, 0.15) is 30.2 Å². The summed E-state index contributed by atoms with van der Waals surface area (Å²) in [5.41, 5.74) is 6.23. The Bertz CT molecular complexity index is 783. The van der Waals surface area contributed by atoms with Gasteiger partial charge >= 0.3 is 0 Å². The van der Waals surface area contributed by atoms with Crippen LogP contribution in [0, 0.1) is 0 Å². The third kappa shape index (κ3) is 2.79. The molecular weight excluding hydrogens is 336 g/mol. The topological polar surface area (TPSA) is 180 Å². The van der Waals surface area contributed by atoms with Gasteiger partial charge in [-0.1, -0.05) is 0 Å². The van der Waals surface area contributed by atoms with Crippen molar-refractivity contribution in [2.24, 2.45) is 0 Å². The second-order valence-corrected chi connectivity index (χ2v) is 5.55. The van der Waals surface area contributed by atoms with Gasteiger partial charge < -0.3 is 25.8 Å². The molecular formula is C13H18N6O6. The van der Waals surface area contributed by atoms with Gasteiger partial charge in [-0.3, -0.25) is 14.6 Å². The first kappa shape index (κ1) is 17.4. The van der Waals surface area contributed by atoms with Gasteiger partial charge in [0.05, 0.1) is 6.33 Å². The van der Waals surface area contributed by atoms with E-state index >= 15 is 0 Å². The normalized spacial score (nSPS) is 27.6. The molecule has 0 spiro atoms. The Labute approximate surface area is 141 Å². The molecule has 0 bridgehead atoms. The lowest BCUT2D eigenvalue weighted by atomic mass is 10.0. The van der Waals surface area contributed by atoms with Crippen molar-refractivity contribution in [2.45, 2.75) is 37.6 Å². The monoisotopic (exact) mass is 354 g/mol. The van der Waals surface area contributed by atoms with E-state index in [4.69, 9.17) is 10.5 Å². The van der Waals surface area contributed by atoms with E-state index in [2.05, 4.69) is 15.0 Å². The van der Waals surface area contributed by atoms with Crippen LogP contribution in [0.2, 0.25) is 0 Å². The number of likely N-dealkylation sites (N-methyl/N-ethyl adjacent to an activating group) is 1. The average molecular weight is 354 g/mol. The fourth-order valence-corrected chi connectivity index (χ4v) is 2.68. The molecule has 1 saturated heterocycles. The van der Waals surface area contributed by atoms with Gasteiger partial charge in [0.2, 0.25) is 0 Å². The van der Waals surface area contributed by atoms with Gasteiger partial charge in [0.25, 0.3) is 5.91 Å². The maximum Gasteiger partial charge on any atom is 0.277 e. The molecule has 0 aliphatic carbocycles. The number of imidazole rings is 1. The van der Waals surface area contributed by atoms with Crippen molar-refractivity contribution in [3.05, 3.63) is 12.7 Å². The summed E-state index contributed by atoms with van der Waals surface area (Å²) in [5, 5.41) is 40.2. The second kappa shape index (κ2) is 6.50. The van der Waals surface area contributed by atoms with Crippen molar-refractivity contribution in [1.29, 1.82) is 0 Å². The highest BCUT2D eigenvalue weighted by Gasteiger charge is 2.49. The van der Waals surface area contributed by atoms with Crippen LogP contribution in [0.3, 0.4) is 0 Å². The zero-order valence-electron chi connectivity index (χ0n) is 13.2. The SMILES string of the molecule is CCN(O)C(=O)C(O)[C@H]1O[C@@H](n2cnc3c(N)ncnc32)C(O)C1O. The van der Waals surface area contributed by atoms with E-state index < -0.39 is 36.6 Å². The maximum absolute atomic E-state index is 11.9. The summed E-state index contributed by atoms with van der Waals surface area (Å²) in [4.78, 5) is 23.7. The van der Waals surface area contributed by atoms with Crippen LogP contribution < -0.4 is 5.73 Å². The summed E-state index contributed by atoms with van der Waals surface area (Å²) in [5.74, 6) is -0.927. The van der Waals surface area contributed by atoms with Gasteiger partial charge in [-0.25, -0.2) is 20.0 Å². The van der Waals surface area contributed by atoms with Crippen LogP contribution in [0.1, 0.15) is 13.2 Å². The molecule has 1 aliphatic rings. The first-order valence-corrected chi connectivity index (χ1v) is 7.49. The van der Waals surface area contributed by atoms with E-state index in [1.165, 1.54) is 24.1 Å². The van der Waals surface area contributed by atoms with E-state index in [-0.39, 0.29) is 23.5 Å². The molecule has 1 amide bonds. The number of hydrogen-bond acceptors (Lipinski definition) is 10. The van der Waals surface area contributed by atoms with Gasteiger partial charge in [-0.05, 0) is 6.92 Å². The van der Waals surface area contributed by atoms with E-state index in [1.54, 1.807) is 0 Å². The number of aliphatic hydroxyl groups excluding tert-OH is 3. The largest absolute Gasteiger partial charge is 0.387 e. The highest BCUT2D eigenvalue weighted by molar-refractivity contribution is 5.81. The van der Waals surface area contributed by atoms with Gasteiger partial charge in [-0.2, -0.15) is 0 Å². The second-order valence-electron chi connectivity index (χ2n) is 5.55. The molecule has 0 saturated carbocycles. The highest BCUT2D eigenvalue weighted by atomic mass is 16.6. The molecule has 12 nitrogen and oxygen atoms in total. The summed E-state index contributed by atoms with van der Waals surface area (Å²) in [6.07, 6.45) is -5.05. The Kier molecular flexibility index (Phi) is 4.53. The quantitative estimate of drug-likeness (QED) is 0.294. The van der Waals surface area contributed by atoms with Crippen LogP contribution in [0.4, 0.5) is 5.82 Å². The smallest absolute Gasteiger partial charge is 0.277 e. The lowest BCUT2D eigenvalue weighted by molar-refractivity contribution is -0.184. The Morgan fingerprint density at radius 3 is 2.80 bits per heavy atom. The van der Waals surface area contributed by atoms with E-state index in [1.807, 2.05) is 0 Å². The van der Waals surface area contributed by atoms with Gasteiger partial charge in [-0.15, -0.1) is 0 Å². The molecule has 25 heavy (non-hydrogen) atoms. The number of ether oxygens (including phenoxy) is 1. The van der Waals surface area contributed by atoms with Crippen LogP contribution in [0.15, 0.2) is 12.7 Å². The minimum atomic E-state index is -1.87. The summed E-state index contributed by atoms with van der Waals surface area (Å²) in [7, 11) is 0. The predicted molar refractivity (Wildman–Crippen MR) is 80.8 cm³/mol. The molecule has 0 aromatic carbocycles. The number of nitrogens with two attached hydrogens (primary N) is 1. The number of hydroxylamine groups is 2. The van der Waals surface area contributed by atoms with Crippen molar-refractivity contribution in [1.82, 2.24) is 24.6 Å². The van der Waals surface area contributed by atoms with Crippen molar-refractivity contribution in [2.75, 3.05) is 12.3 Å². The number of fused-ring (bicyclic) bond motifs is 1. The fraction of sp³-hybridized carbons (Fsp3) is 0.538. The Morgan fingerprint density at radius 2 is 2.12 bits per heavy atom. The number of aromatic nitrogens is 4. The number of hydrogen-bond donors (Lipinski definition) is 5. The van der Waals surface area contributed by atoms with Crippen LogP contribution >= 0.6 is 0 Å². The molecule has 136 valence electrons. The molecule has 2 aromatic rings. The first-order chi connectivity index (χ1) is 11.9. The molecule has 12 heteroatoms. The lowest BCUT2D eigenvalue weighted by Crippen LogP contribution is -2.48. The summed E-state index contributed by atoms with van der Waals surface area (Å²) in [6.45, 7) is 1.43.